The van der Waals surface area contributed by atoms with E-state index in [2.05, 4.69) is 78.2 Å². The Morgan fingerprint density at radius 2 is 1.00 bits per heavy atom. The van der Waals surface area contributed by atoms with E-state index in [0.29, 0.717) is 0 Å². The van der Waals surface area contributed by atoms with Gasteiger partial charge < -0.3 is 10.6 Å². The molecule has 3 aromatic rings. The fraction of sp³-hybridized carbons (Fsp3) is 0.182. The normalized spacial score (nSPS) is 9.62. The van der Waals surface area contributed by atoms with Crippen molar-refractivity contribution in [3.63, 3.8) is 0 Å². The minimum absolute atomic E-state index is 0.980. The highest BCUT2D eigenvalue weighted by Gasteiger charge is 1.97. The second-order valence-corrected chi connectivity index (χ2v) is 5.73. The molecule has 0 radical (unpaired) electrons. The van der Waals surface area contributed by atoms with Gasteiger partial charge in [0.15, 0.2) is 0 Å². The number of nitrogens with one attached hydrogen (secondary N) is 2. The Kier molecular flexibility index (Phi) is 6.91. The van der Waals surface area contributed by atoms with E-state index < -0.39 is 0 Å². The highest BCUT2D eigenvalue weighted by molar-refractivity contribution is 5.47. The van der Waals surface area contributed by atoms with Crippen LogP contribution in [0.25, 0.3) is 0 Å². The van der Waals surface area contributed by atoms with Crippen LogP contribution in [-0.2, 0) is 6.42 Å². The van der Waals surface area contributed by atoms with Crippen LogP contribution >= 0.6 is 0 Å². The first kappa shape index (κ1) is 17.6. The minimum atomic E-state index is 0.980. The molecule has 2 heteroatoms. The molecule has 124 valence electrons. The van der Waals surface area contributed by atoms with Gasteiger partial charge in [0.2, 0.25) is 0 Å². The summed E-state index contributed by atoms with van der Waals surface area (Å²) in [5.41, 5.74) is 6.29. The highest BCUT2D eigenvalue weighted by atomic mass is 14.8. The zero-order valence-corrected chi connectivity index (χ0v) is 14.7. The number of hydrogen-bond donors (Lipinski definition) is 2. The Morgan fingerprint density at radius 1 is 0.583 bits per heavy atom. The lowest BCUT2D eigenvalue weighted by Crippen LogP contribution is -1.92. The van der Waals surface area contributed by atoms with Crippen LogP contribution in [-0.4, -0.2) is 14.1 Å². The van der Waals surface area contributed by atoms with Gasteiger partial charge in [0.25, 0.3) is 0 Å². The Balaban J connectivity index is 0.000000249. The molecule has 0 aromatic heterocycles. The van der Waals surface area contributed by atoms with Crippen LogP contribution in [0, 0.1) is 6.92 Å². The standard InChI is InChI=1S/C15H18N2.C7H8/c1-16-14-7-3-12(4-8-14)11-13-5-9-15(17-2)10-6-13;1-7-5-3-2-4-6-7/h3-10,16-17H,11H2,1-2H3;2-6H,1H3. The fourth-order valence-corrected chi connectivity index (χ4v) is 2.35. The van der Waals surface area contributed by atoms with E-state index in [1.165, 1.54) is 16.7 Å². The van der Waals surface area contributed by atoms with E-state index >= 15 is 0 Å². The number of rotatable bonds is 4. The lowest BCUT2D eigenvalue weighted by molar-refractivity contribution is 1.19. The number of anilines is 2. The van der Waals surface area contributed by atoms with Crippen molar-refractivity contribution in [1.29, 1.82) is 0 Å². The van der Waals surface area contributed by atoms with Gasteiger partial charge in [-0.3, -0.25) is 0 Å². The topological polar surface area (TPSA) is 24.1 Å². The van der Waals surface area contributed by atoms with E-state index in [9.17, 15) is 0 Å². The summed E-state index contributed by atoms with van der Waals surface area (Å²) in [5.74, 6) is 0. The van der Waals surface area contributed by atoms with Crippen LogP contribution in [0.2, 0.25) is 0 Å². The van der Waals surface area contributed by atoms with Crippen molar-refractivity contribution in [3.8, 4) is 0 Å². The van der Waals surface area contributed by atoms with Gasteiger partial charge in [-0.15, -0.1) is 0 Å². The average molecular weight is 318 g/mol. The highest BCUT2D eigenvalue weighted by Crippen LogP contribution is 2.15. The van der Waals surface area contributed by atoms with Crippen LogP contribution < -0.4 is 10.6 Å². The molecule has 0 saturated carbocycles. The van der Waals surface area contributed by atoms with E-state index in [1.54, 1.807) is 0 Å². The van der Waals surface area contributed by atoms with Gasteiger partial charge in [-0.05, 0) is 48.7 Å². The molecule has 0 fully saturated rings. The molecule has 0 aliphatic rings. The van der Waals surface area contributed by atoms with Crippen molar-refractivity contribution in [2.45, 2.75) is 13.3 Å². The largest absolute Gasteiger partial charge is 0.388 e. The molecule has 0 unspecified atom stereocenters. The van der Waals surface area contributed by atoms with Gasteiger partial charge in [0.1, 0.15) is 0 Å². The predicted molar refractivity (Wildman–Crippen MR) is 106 cm³/mol. The lowest BCUT2D eigenvalue weighted by atomic mass is 10.0. The maximum Gasteiger partial charge on any atom is 0.0337 e. The maximum absolute atomic E-state index is 3.12. The van der Waals surface area contributed by atoms with Gasteiger partial charge in [0, 0.05) is 25.5 Å². The molecule has 0 aliphatic carbocycles. The molecule has 0 heterocycles. The van der Waals surface area contributed by atoms with Gasteiger partial charge in [-0.2, -0.15) is 0 Å². The Morgan fingerprint density at radius 3 is 1.29 bits per heavy atom. The number of benzene rings is 3. The van der Waals surface area contributed by atoms with E-state index in [-0.39, 0.29) is 0 Å². The first-order chi connectivity index (χ1) is 11.7. The van der Waals surface area contributed by atoms with Crippen LogP contribution in [0.5, 0.6) is 0 Å². The van der Waals surface area contributed by atoms with Gasteiger partial charge >= 0.3 is 0 Å². The lowest BCUT2D eigenvalue weighted by Gasteiger charge is -2.05. The fourth-order valence-electron chi connectivity index (χ4n) is 2.35. The molecule has 3 aromatic carbocycles. The molecular weight excluding hydrogens is 292 g/mol. The molecule has 0 bridgehead atoms. The van der Waals surface area contributed by atoms with E-state index in [0.717, 1.165) is 17.8 Å². The van der Waals surface area contributed by atoms with Crippen molar-refractivity contribution < 1.29 is 0 Å². The molecule has 0 spiro atoms. The van der Waals surface area contributed by atoms with E-state index in [1.807, 2.05) is 32.3 Å². The Bertz CT molecular complexity index is 656. The summed E-state index contributed by atoms with van der Waals surface area (Å²) in [5, 5.41) is 6.25. The van der Waals surface area contributed by atoms with Crippen LogP contribution in [0.3, 0.4) is 0 Å². The average Bonchev–Trinajstić information content (AvgIpc) is 2.64. The summed E-state index contributed by atoms with van der Waals surface area (Å²) in [6.45, 7) is 2.08. The third kappa shape index (κ3) is 5.81. The number of aryl methyl sites for hydroxylation is 1. The van der Waals surface area contributed by atoms with Crippen molar-refractivity contribution in [3.05, 3.63) is 95.6 Å². The first-order valence-corrected chi connectivity index (χ1v) is 8.26. The Hall–Kier alpha value is -2.74. The minimum Gasteiger partial charge on any atom is -0.388 e. The monoisotopic (exact) mass is 318 g/mol. The first-order valence-electron chi connectivity index (χ1n) is 8.26. The summed E-state index contributed by atoms with van der Waals surface area (Å²) in [6, 6.07) is 27.4. The molecule has 24 heavy (non-hydrogen) atoms. The van der Waals surface area contributed by atoms with Crippen molar-refractivity contribution in [2.24, 2.45) is 0 Å². The van der Waals surface area contributed by atoms with Gasteiger partial charge in [-0.25, -0.2) is 0 Å². The molecule has 2 nitrogen and oxygen atoms in total. The maximum atomic E-state index is 3.12. The number of hydrogen-bond acceptors (Lipinski definition) is 2. The molecule has 0 amide bonds. The smallest absolute Gasteiger partial charge is 0.0337 e. The van der Waals surface area contributed by atoms with Crippen molar-refractivity contribution >= 4 is 11.4 Å². The van der Waals surface area contributed by atoms with Crippen LogP contribution in [0.4, 0.5) is 11.4 Å². The predicted octanol–water partition coefficient (Wildman–Crippen LogP) is 5.36. The van der Waals surface area contributed by atoms with Gasteiger partial charge in [-0.1, -0.05) is 60.2 Å². The SMILES string of the molecule is CNc1ccc(Cc2ccc(NC)cc2)cc1.Cc1ccccc1. The second kappa shape index (κ2) is 9.41. The summed E-state index contributed by atoms with van der Waals surface area (Å²) in [4.78, 5) is 0. The molecule has 0 atom stereocenters. The second-order valence-electron chi connectivity index (χ2n) is 5.73. The third-order valence-electron chi connectivity index (χ3n) is 3.83. The summed E-state index contributed by atoms with van der Waals surface area (Å²) < 4.78 is 0. The molecule has 2 N–H and O–H groups in total. The van der Waals surface area contributed by atoms with Crippen LogP contribution in [0.1, 0.15) is 16.7 Å². The van der Waals surface area contributed by atoms with Crippen molar-refractivity contribution in [1.82, 2.24) is 0 Å². The zero-order chi connectivity index (χ0) is 17.2. The van der Waals surface area contributed by atoms with Gasteiger partial charge in [0.05, 0.1) is 0 Å². The zero-order valence-electron chi connectivity index (χ0n) is 14.7. The summed E-state index contributed by atoms with van der Waals surface area (Å²) in [7, 11) is 3.87. The molecular formula is C22H26N2. The van der Waals surface area contributed by atoms with Crippen LogP contribution in [0.15, 0.2) is 78.9 Å². The summed E-state index contributed by atoms with van der Waals surface area (Å²) >= 11 is 0. The molecule has 0 saturated heterocycles. The Labute approximate surface area is 145 Å². The molecule has 3 rings (SSSR count). The third-order valence-corrected chi connectivity index (χ3v) is 3.83. The summed E-state index contributed by atoms with van der Waals surface area (Å²) in [6.07, 6.45) is 0.980. The van der Waals surface area contributed by atoms with Crippen molar-refractivity contribution in [2.75, 3.05) is 24.7 Å². The quantitative estimate of drug-likeness (QED) is 0.677. The van der Waals surface area contributed by atoms with E-state index in [4.69, 9.17) is 0 Å². The molecule has 0 aliphatic heterocycles.